The number of nitrogens with one attached hydrogen (secondary N) is 2. The van der Waals surface area contributed by atoms with Gasteiger partial charge in [0.2, 0.25) is 5.91 Å². The monoisotopic (exact) mass is 340 g/mol. The maximum atomic E-state index is 12.0. The largest absolute Gasteiger partial charge is 0.384 e. The third-order valence-electron chi connectivity index (χ3n) is 4.37. The fourth-order valence-electron chi connectivity index (χ4n) is 2.85. The molecule has 2 aromatic heterocycles. The highest BCUT2D eigenvalue weighted by Crippen LogP contribution is 2.19. The lowest BCUT2D eigenvalue weighted by Crippen LogP contribution is -2.29. The first-order valence-electron chi connectivity index (χ1n) is 8.45. The van der Waals surface area contributed by atoms with Gasteiger partial charge in [-0.1, -0.05) is 6.07 Å². The lowest BCUT2D eigenvalue weighted by atomic mass is 10.1. The molecule has 7 heteroatoms. The number of carbonyl (C=O) groups is 1. The zero-order chi connectivity index (χ0) is 18.0. The van der Waals surface area contributed by atoms with Crippen LogP contribution >= 0.6 is 0 Å². The molecule has 0 radical (unpaired) electrons. The van der Waals surface area contributed by atoms with Gasteiger partial charge in [-0.15, -0.1) is 0 Å². The van der Waals surface area contributed by atoms with E-state index in [2.05, 4.69) is 46.4 Å². The molecule has 0 spiro atoms. The summed E-state index contributed by atoms with van der Waals surface area (Å²) in [5.41, 5.74) is 11.1. The fourth-order valence-corrected chi connectivity index (χ4v) is 2.85. The van der Waals surface area contributed by atoms with Gasteiger partial charge in [0.05, 0.1) is 16.7 Å². The summed E-state index contributed by atoms with van der Waals surface area (Å²) in [6, 6.07) is 5.91. The topological polar surface area (TPSA) is 102 Å². The van der Waals surface area contributed by atoms with Crippen LogP contribution in [-0.4, -0.2) is 32.2 Å². The van der Waals surface area contributed by atoms with Gasteiger partial charge in [-0.2, -0.15) is 5.10 Å². The van der Waals surface area contributed by atoms with E-state index in [1.807, 2.05) is 6.92 Å². The number of nitrogens with two attached hydrogens (primary N) is 1. The van der Waals surface area contributed by atoms with Crippen molar-refractivity contribution in [3.05, 3.63) is 40.8 Å². The Bertz CT molecular complexity index is 908. The van der Waals surface area contributed by atoms with E-state index in [4.69, 9.17) is 5.73 Å². The Morgan fingerprint density at radius 2 is 2.12 bits per heavy atom. The zero-order valence-corrected chi connectivity index (χ0v) is 14.9. The lowest BCUT2D eigenvalue weighted by molar-refractivity contribution is -0.121. The van der Waals surface area contributed by atoms with Crippen LogP contribution in [0.4, 0.5) is 5.82 Å². The van der Waals surface area contributed by atoms with Crippen molar-refractivity contribution in [2.45, 2.75) is 40.2 Å². The van der Waals surface area contributed by atoms with Gasteiger partial charge in [0.25, 0.3) is 0 Å². The van der Waals surface area contributed by atoms with Crippen LogP contribution in [0.5, 0.6) is 0 Å². The summed E-state index contributed by atoms with van der Waals surface area (Å²) in [5, 5.41) is 7.08. The molecule has 0 fully saturated rings. The van der Waals surface area contributed by atoms with Gasteiger partial charge in [0.15, 0.2) is 0 Å². The smallest absolute Gasteiger partial charge is 0.241 e. The quantitative estimate of drug-likeness (QED) is 0.597. The number of aromatic amines is 1. The molecular weight excluding hydrogens is 316 g/mol. The normalized spacial score (nSPS) is 11.2. The Morgan fingerprint density at radius 3 is 2.84 bits per heavy atom. The number of aryl methyl sites for hydroxylation is 4. The number of aromatic nitrogens is 4. The van der Waals surface area contributed by atoms with E-state index in [1.54, 1.807) is 6.07 Å². The zero-order valence-electron chi connectivity index (χ0n) is 14.9. The van der Waals surface area contributed by atoms with Crippen LogP contribution in [0.2, 0.25) is 0 Å². The van der Waals surface area contributed by atoms with Crippen molar-refractivity contribution in [3.8, 4) is 0 Å². The molecule has 0 aliphatic carbocycles. The van der Waals surface area contributed by atoms with Crippen molar-refractivity contribution < 1.29 is 4.79 Å². The molecular formula is C18H24N6O. The Hall–Kier alpha value is -2.83. The maximum Gasteiger partial charge on any atom is 0.241 e. The van der Waals surface area contributed by atoms with Crippen molar-refractivity contribution in [1.29, 1.82) is 0 Å². The second-order valence-corrected chi connectivity index (χ2v) is 6.41. The average molecular weight is 340 g/mol. The molecule has 0 aliphatic rings. The van der Waals surface area contributed by atoms with Crippen molar-refractivity contribution >= 4 is 22.8 Å². The maximum absolute atomic E-state index is 12.0. The van der Waals surface area contributed by atoms with Crippen LogP contribution < -0.4 is 11.1 Å². The van der Waals surface area contributed by atoms with E-state index < -0.39 is 0 Å². The van der Waals surface area contributed by atoms with Crippen molar-refractivity contribution in [1.82, 2.24) is 25.1 Å². The first-order valence-corrected chi connectivity index (χ1v) is 8.45. The van der Waals surface area contributed by atoms with Crippen LogP contribution in [0.25, 0.3) is 11.0 Å². The molecule has 0 unspecified atom stereocenters. The van der Waals surface area contributed by atoms with Gasteiger partial charge in [-0.3, -0.25) is 4.79 Å². The molecule has 3 aromatic rings. The fraction of sp³-hybridized carbons (Fsp3) is 0.389. The van der Waals surface area contributed by atoms with Crippen LogP contribution in [0, 0.1) is 20.8 Å². The molecule has 3 rings (SSSR count). The molecule has 25 heavy (non-hydrogen) atoms. The summed E-state index contributed by atoms with van der Waals surface area (Å²) >= 11 is 0. The standard InChI is InChI=1S/C18H24N6O/c1-11-6-7-14-18(13(11)3)22-16(21-14)5-4-8-20-17(25)10-24-15(19)9-12(2)23-24/h6-7,9H,4-5,8,10,19H2,1-3H3,(H,20,25)(H,21,22). The third kappa shape index (κ3) is 3.81. The van der Waals surface area contributed by atoms with E-state index in [0.29, 0.717) is 12.4 Å². The predicted octanol–water partition coefficient (Wildman–Crippen LogP) is 2.02. The number of hydrogen-bond acceptors (Lipinski definition) is 4. The Labute approximate surface area is 146 Å². The first kappa shape index (κ1) is 17.0. The minimum absolute atomic E-state index is 0.0918. The number of H-pyrrole nitrogens is 1. The molecule has 1 aromatic carbocycles. The average Bonchev–Trinajstić information content (AvgIpc) is 3.11. The number of nitrogen functional groups attached to an aromatic ring is 1. The molecule has 7 nitrogen and oxygen atoms in total. The summed E-state index contributed by atoms with van der Waals surface area (Å²) in [5.74, 6) is 1.36. The van der Waals surface area contributed by atoms with E-state index >= 15 is 0 Å². The molecule has 4 N–H and O–H groups in total. The lowest BCUT2D eigenvalue weighted by Gasteiger charge is -2.06. The highest BCUT2D eigenvalue weighted by atomic mass is 16.2. The van der Waals surface area contributed by atoms with Crippen molar-refractivity contribution in [2.75, 3.05) is 12.3 Å². The third-order valence-corrected chi connectivity index (χ3v) is 4.37. The number of rotatable bonds is 6. The minimum atomic E-state index is -0.0918. The number of anilines is 1. The van der Waals surface area contributed by atoms with E-state index in [9.17, 15) is 4.79 Å². The summed E-state index contributed by atoms with van der Waals surface area (Å²) < 4.78 is 1.51. The second kappa shape index (κ2) is 6.96. The number of benzene rings is 1. The molecule has 0 atom stereocenters. The van der Waals surface area contributed by atoms with E-state index in [0.717, 1.165) is 35.4 Å². The van der Waals surface area contributed by atoms with Crippen molar-refractivity contribution in [2.24, 2.45) is 0 Å². The number of hydrogen-bond donors (Lipinski definition) is 3. The van der Waals surface area contributed by atoms with Gasteiger partial charge in [-0.05, 0) is 44.4 Å². The highest BCUT2D eigenvalue weighted by Gasteiger charge is 2.09. The van der Waals surface area contributed by atoms with Crippen molar-refractivity contribution in [3.63, 3.8) is 0 Å². The van der Waals surface area contributed by atoms with Gasteiger partial charge in [0, 0.05) is 19.0 Å². The Kier molecular flexibility index (Phi) is 4.74. The van der Waals surface area contributed by atoms with Crippen LogP contribution in [0.3, 0.4) is 0 Å². The number of amides is 1. The number of imidazole rings is 1. The summed E-state index contributed by atoms with van der Waals surface area (Å²) in [6.07, 6.45) is 1.60. The van der Waals surface area contributed by atoms with Crippen LogP contribution in [-0.2, 0) is 17.8 Å². The molecule has 0 bridgehead atoms. The molecule has 0 saturated heterocycles. The number of fused-ring (bicyclic) bond motifs is 1. The summed E-state index contributed by atoms with van der Waals surface area (Å²) in [4.78, 5) is 20.0. The molecule has 132 valence electrons. The molecule has 0 aliphatic heterocycles. The Balaban J connectivity index is 1.49. The molecule has 0 saturated carbocycles. The highest BCUT2D eigenvalue weighted by molar-refractivity contribution is 5.79. The summed E-state index contributed by atoms with van der Waals surface area (Å²) in [7, 11) is 0. The molecule has 2 heterocycles. The van der Waals surface area contributed by atoms with E-state index in [1.165, 1.54) is 15.8 Å². The van der Waals surface area contributed by atoms with Gasteiger partial charge < -0.3 is 16.0 Å². The Morgan fingerprint density at radius 1 is 1.32 bits per heavy atom. The minimum Gasteiger partial charge on any atom is -0.384 e. The number of carbonyl (C=O) groups excluding carboxylic acids is 1. The van der Waals surface area contributed by atoms with Gasteiger partial charge in [-0.25, -0.2) is 9.67 Å². The van der Waals surface area contributed by atoms with Crippen LogP contribution in [0.1, 0.15) is 29.1 Å². The summed E-state index contributed by atoms with van der Waals surface area (Å²) in [6.45, 7) is 6.76. The van der Waals surface area contributed by atoms with Crippen LogP contribution in [0.15, 0.2) is 18.2 Å². The first-order chi connectivity index (χ1) is 11.9. The molecule has 1 amide bonds. The number of nitrogens with zero attached hydrogens (tertiary/aromatic N) is 3. The van der Waals surface area contributed by atoms with E-state index in [-0.39, 0.29) is 12.5 Å². The second-order valence-electron chi connectivity index (χ2n) is 6.41. The predicted molar refractivity (Wildman–Crippen MR) is 98.3 cm³/mol. The SMILES string of the molecule is Cc1cc(N)n(CC(=O)NCCCc2nc3c(C)c(C)ccc3[nH]2)n1. The van der Waals surface area contributed by atoms with Gasteiger partial charge in [0.1, 0.15) is 18.2 Å². The van der Waals surface area contributed by atoms with Gasteiger partial charge >= 0.3 is 0 Å².